The summed E-state index contributed by atoms with van der Waals surface area (Å²) in [6, 6.07) is 0. The highest BCUT2D eigenvalue weighted by Gasteiger charge is 2.19. The number of carbonyl (C=O) groups is 1. The Kier molecular flexibility index (Phi) is 4.50. The van der Waals surface area contributed by atoms with E-state index in [0.717, 1.165) is 6.42 Å². The van der Waals surface area contributed by atoms with Crippen LogP contribution < -0.4 is 0 Å². The van der Waals surface area contributed by atoms with Crippen LogP contribution in [0.3, 0.4) is 0 Å². The van der Waals surface area contributed by atoms with Crippen molar-refractivity contribution in [3.8, 4) is 0 Å². The van der Waals surface area contributed by atoms with Gasteiger partial charge < -0.3 is 5.11 Å². The topological polar surface area (TPSA) is 55.1 Å². The molecule has 0 saturated heterocycles. The number of carbonyl (C=O) groups excluding carboxylic acids is 1. The number of halogens is 1. The minimum atomic E-state index is -0.892. The van der Waals surface area contributed by atoms with E-state index in [1.54, 1.807) is 18.7 Å². The molecule has 0 radical (unpaired) electrons. The fourth-order valence-corrected chi connectivity index (χ4v) is 1.82. The van der Waals surface area contributed by atoms with Crippen LogP contribution in [0.4, 0.5) is 0 Å². The monoisotopic (exact) mass is 244 g/mol. The third-order valence-electron chi connectivity index (χ3n) is 2.54. The van der Waals surface area contributed by atoms with E-state index in [-0.39, 0.29) is 12.2 Å². The van der Waals surface area contributed by atoms with Gasteiger partial charge in [-0.05, 0) is 13.3 Å². The third kappa shape index (κ3) is 2.83. The Labute approximate surface area is 100 Å². The molecular weight excluding hydrogens is 228 g/mol. The third-order valence-corrected chi connectivity index (χ3v) is 3.03. The molecule has 0 saturated carbocycles. The Morgan fingerprint density at radius 2 is 2.25 bits per heavy atom. The van der Waals surface area contributed by atoms with Gasteiger partial charge in [0, 0.05) is 7.05 Å². The second-order valence-electron chi connectivity index (χ2n) is 3.92. The fraction of sp³-hybridized carbons (Fsp3) is 0.636. The Hall–Kier alpha value is -0.870. The van der Waals surface area contributed by atoms with Crippen molar-refractivity contribution < 1.29 is 9.90 Å². The second kappa shape index (κ2) is 5.46. The van der Waals surface area contributed by atoms with E-state index in [0.29, 0.717) is 22.8 Å². The fourth-order valence-electron chi connectivity index (χ4n) is 1.59. The molecule has 1 aromatic heterocycles. The van der Waals surface area contributed by atoms with Crippen molar-refractivity contribution in [3.63, 3.8) is 0 Å². The molecule has 0 fully saturated rings. The van der Waals surface area contributed by atoms with Gasteiger partial charge in [0.15, 0.2) is 5.78 Å². The van der Waals surface area contributed by atoms with Gasteiger partial charge in [-0.1, -0.05) is 24.9 Å². The molecule has 0 amide bonds. The van der Waals surface area contributed by atoms with Crippen molar-refractivity contribution in [1.82, 2.24) is 9.78 Å². The molecule has 0 spiro atoms. The summed E-state index contributed by atoms with van der Waals surface area (Å²) in [6.07, 6.45) is 0.520. The number of hydrogen-bond acceptors (Lipinski definition) is 3. The van der Waals surface area contributed by atoms with Gasteiger partial charge in [-0.3, -0.25) is 9.48 Å². The van der Waals surface area contributed by atoms with E-state index in [2.05, 4.69) is 5.10 Å². The lowest BCUT2D eigenvalue weighted by atomic mass is 10.1. The molecule has 16 heavy (non-hydrogen) atoms. The first-order chi connectivity index (χ1) is 7.47. The number of ketones is 1. The van der Waals surface area contributed by atoms with Gasteiger partial charge in [-0.15, -0.1) is 0 Å². The maximum Gasteiger partial charge on any atom is 0.167 e. The predicted octanol–water partition coefficient (Wildman–Crippen LogP) is 1.65. The number of aromatic nitrogens is 2. The van der Waals surface area contributed by atoms with Crippen molar-refractivity contribution >= 4 is 17.4 Å². The zero-order valence-electron chi connectivity index (χ0n) is 9.83. The minimum absolute atomic E-state index is 0.136. The van der Waals surface area contributed by atoms with Crippen molar-refractivity contribution in [3.05, 3.63) is 16.4 Å². The molecule has 1 rings (SSSR count). The summed E-state index contributed by atoms with van der Waals surface area (Å²) in [7, 11) is 1.74. The van der Waals surface area contributed by atoms with Crippen LogP contribution in [0, 0.1) is 6.92 Å². The van der Waals surface area contributed by atoms with Crippen molar-refractivity contribution in [2.24, 2.45) is 7.05 Å². The molecule has 0 aliphatic rings. The normalized spacial score (nSPS) is 12.8. The standard InChI is InChI=1S/C11H17ClN2O2/c1-4-5-9(15)10(16)6-8-11(12)7(2)13-14(8)3/h9,15H,4-6H2,1-3H3. The summed E-state index contributed by atoms with van der Waals surface area (Å²) in [6.45, 7) is 3.72. The van der Waals surface area contributed by atoms with E-state index in [1.807, 2.05) is 6.92 Å². The summed E-state index contributed by atoms with van der Waals surface area (Å²) in [5.74, 6) is -0.202. The first-order valence-electron chi connectivity index (χ1n) is 5.36. The highest BCUT2D eigenvalue weighted by Crippen LogP contribution is 2.20. The number of nitrogens with zero attached hydrogens (tertiary/aromatic N) is 2. The number of aliphatic hydroxyl groups is 1. The smallest absolute Gasteiger partial charge is 0.167 e. The number of aliphatic hydroxyl groups excluding tert-OH is 1. The first-order valence-corrected chi connectivity index (χ1v) is 5.73. The van der Waals surface area contributed by atoms with E-state index >= 15 is 0 Å². The summed E-state index contributed by atoms with van der Waals surface area (Å²) in [5.41, 5.74) is 1.37. The van der Waals surface area contributed by atoms with E-state index in [4.69, 9.17) is 11.6 Å². The quantitative estimate of drug-likeness (QED) is 0.857. The van der Waals surface area contributed by atoms with E-state index in [9.17, 15) is 9.90 Å². The molecule has 0 bridgehead atoms. The van der Waals surface area contributed by atoms with Crippen LogP contribution in [-0.2, 0) is 18.3 Å². The highest BCUT2D eigenvalue weighted by atomic mass is 35.5. The zero-order chi connectivity index (χ0) is 12.3. The lowest BCUT2D eigenvalue weighted by Crippen LogP contribution is -2.23. The molecule has 5 heteroatoms. The summed E-state index contributed by atoms with van der Waals surface area (Å²) in [5, 5.41) is 14.2. The van der Waals surface area contributed by atoms with E-state index < -0.39 is 6.10 Å². The van der Waals surface area contributed by atoms with Crippen LogP contribution in [0.15, 0.2) is 0 Å². The molecule has 0 aliphatic carbocycles. The lowest BCUT2D eigenvalue weighted by Gasteiger charge is -2.08. The number of rotatable bonds is 5. The molecule has 0 aromatic carbocycles. The van der Waals surface area contributed by atoms with Crippen LogP contribution in [-0.4, -0.2) is 26.8 Å². The molecule has 1 heterocycles. The molecule has 1 atom stereocenters. The molecule has 1 aromatic rings. The summed E-state index contributed by atoms with van der Waals surface area (Å²) >= 11 is 6.02. The molecular formula is C11H17ClN2O2. The molecule has 1 unspecified atom stereocenters. The van der Waals surface area contributed by atoms with Gasteiger partial charge in [0.05, 0.1) is 22.8 Å². The Bertz CT molecular complexity index is 388. The Morgan fingerprint density at radius 3 is 2.69 bits per heavy atom. The zero-order valence-corrected chi connectivity index (χ0v) is 10.6. The van der Waals surface area contributed by atoms with Gasteiger partial charge in [-0.2, -0.15) is 5.10 Å². The van der Waals surface area contributed by atoms with Crippen molar-refractivity contribution in [1.29, 1.82) is 0 Å². The Morgan fingerprint density at radius 1 is 1.62 bits per heavy atom. The van der Waals surface area contributed by atoms with Gasteiger partial charge in [0.1, 0.15) is 6.10 Å². The Balaban J connectivity index is 2.77. The first kappa shape index (κ1) is 13.2. The molecule has 1 N–H and O–H groups in total. The summed E-state index contributed by atoms with van der Waals surface area (Å²) in [4.78, 5) is 11.7. The SMILES string of the molecule is CCCC(O)C(=O)Cc1c(Cl)c(C)nn1C. The van der Waals surface area contributed by atoms with Gasteiger partial charge >= 0.3 is 0 Å². The van der Waals surface area contributed by atoms with Gasteiger partial charge in [0.2, 0.25) is 0 Å². The predicted molar refractivity (Wildman–Crippen MR) is 62.6 cm³/mol. The molecule has 4 nitrogen and oxygen atoms in total. The average Bonchev–Trinajstić information content (AvgIpc) is 2.45. The van der Waals surface area contributed by atoms with Crippen molar-refractivity contribution in [2.75, 3.05) is 0 Å². The highest BCUT2D eigenvalue weighted by molar-refractivity contribution is 6.32. The van der Waals surface area contributed by atoms with Crippen molar-refractivity contribution in [2.45, 2.75) is 39.2 Å². The lowest BCUT2D eigenvalue weighted by molar-refractivity contribution is -0.126. The number of hydrogen-bond donors (Lipinski definition) is 1. The summed E-state index contributed by atoms with van der Waals surface area (Å²) < 4.78 is 1.59. The number of aryl methyl sites for hydroxylation is 2. The average molecular weight is 245 g/mol. The van der Waals surface area contributed by atoms with Crippen LogP contribution in [0.2, 0.25) is 5.02 Å². The van der Waals surface area contributed by atoms with Crippen LogP contribution in [0.1, 0.15) is 31.2 Å². The van der Waals surface area contributed by atoms with Gasteiger partial charge in [-0.25, -0.2) is 0 Å². The second-order valence-corrected chi connectivity index (χ2v) is 4.30. The minimum Gasteiger partial charge on any atom is -0.385 e. The van der Waals surface area contributed by atoms with Crippen LogP contribution in [0.25, 0.3) is 0 Å². The molecule has 0 aliphatic heterocycles. The van der Waals surface area contributed by atoms with Gasteiger partial charge in [0.25, 0.3) is 0 Å². The largest absolute Gasteiger partial charge is 0.385 e. The van der Waals surface area contributed by atoms with Crippen LogP contribution >= 0.6 is 11.6 Å². The number of Topliss-reactive ketones (excluding diaryl/α,β-unsaturated/α-hetero) is 1. The maximum atomic E-state index is 11.7. The maximum absolute atomic E-state index is 11.7. The van der Waals surface area contributed by atoms with E-state index in [1.165, 1.54) is 0 Å². The molecule has 90 valence electrons. The van der Waals surface area contributed by atoms with Crippen LogP contribution in [0.5, 0.6) is 0 Å².